The number of aliphatic carboxylic acids is 1. The van der Waals surface area contributed by atoms with Crippen molar-refractivity contribution in [2.45, 2.75) is 24.7 Å². The highest BCUT2D eigenvalue weighted by Gasteiger charge is 2.24. The first-order valence-corrected chi connectivity index (χ1v) is 6.40. The van der Waals surface area contributed by atoms with Crippen LogP contribution in [0.3, 0.4) is 0 Å². The van der Waals surface area contributed by atoms with E-state index < -0.39 is 11.2 Å². The van der Waals surface area contributed by atoms with Crippen LogP contribution in [0.2, 0.25) is 0 Å². The second-order valence-corrected chi connectivity index (χ2v) is 5.38. The van der Waals surface area contributed by atoms with Gasteiger partial charge in [0.1, 0.15) is 17.7 Å². The van der Waals surface area contributed by atoms with Crippen molar-refractivity contribution in [1.29, 1.82) is 0 Å². The van der Waals surface area contributed by atoms with Crippen LogP contribution >= 0.6 is 11.8 Å². The van der Waals surface area contributed by atoms with Gasteiger partial charge in [0.15, 0.2) is 0 Å². The highest BCUT2D eigenvalue weighted by molar-refractivity contribution is 8.00. The minimum absolute atomic E-state index is 0.0569. The number of halogens is 1. The molecule has 1 heterocycles. The van der Waals surface area contributed by atoms with Crippen molar-refractivity contribution in [3.8, 4) is 5.75 Å². The van der Waals surface area contributed by atoms with Gasteiger partial charge in [-0.15, -0.1) is 11.8 Å². The summed E-state index contributed by atoms with van der Waals surface area (Å²) in [6, 6.07) is 4.46. The second-order valence-electron chi connectivity index (χ2n) is 4.01. The second kappa shape index (κ2) is 4.96. The molecule has 1 aromatic rings. The fraction of sp³-hybridized carbons (Fsp3) is 0.417. The van der Waals surface area contributed by atoms with Crippen LogP contribution in [0, 0.1) is 5.82 Å². The molecule has 0 fully saturated rings. The standard InChI is InChI=1S/C12H13FO3S/c1-7(12(14)15)17-6-10-5-8-4-9(13)2-3-11(8)16-10/h2-4,7,10H,5-6H2,1H3,(H,14,15). The summed E-state index contributed by atoms with van der Waals surface area (Å²) in [7, 11) is 0. The van der Waals surface area contributed by atoms with Gasteiger partial charge >= 0.3 is 5.97 Å². The number of thioether (sulfide) groups is 1. The molecule has 2 rings (SSSR count). The Bertz CT molecular complexity index is 436. The number of fused-ring (bicyclic) bond motifs is 1. The third-order valence-electron chi connectivity index (χ3n) is 2.64. The first kappa shape index (κ1) is 12.2. The van der Waals surface area contributed by atoms with Gasteiger partial charge in [-0.05, 0) is 25.1 Å². The van der Waals surface area contributed by atoms with Gasteiger partial charge < -0.3 is 9.84 Å². The minimum Gasteiger partial charge on any atom is -0.489 e. The van der Waals surface area contributed by atoms with Crippen molar-refractivity contribution >= 4 is 17.7 Å². The molecule has 0 radical (unpaired) electrons. The number of benzene rings is 1. The summed E-state index contributed by atoms with van der Waals surface area (Å²) in [6.45, 7) is 1.65. The smallest absolute Gasteiger partial charge is 0.316 e. The Balaban J connectivity index is 1.90. The van der Waals surface area contributed by atoms with Crippen molar-refractivity contribution in [2.24, 2.45) is 0 Å². The maximum Gasteiger partial charge on any atom is 0.316 e. The first-order valence-electron chi connectivity index (χ1n) is 5.36. The fourth-order valence-corrected chi connectivity index (χ4v) is 2.54. The summed E-state index contributed by atoms with van der Waals surface area (Å²) in [5.41, 5.74) is 0.860. The first-order chi connectivity index (χ1) is 8.06. The zero-order valence-corrected chi connectivity index (χ0v) is 10.2. The molecular formula is C12H13FO3S. The van der Waals surface area contributed by atoms with Crippen LogP contribution in [0.5, 0.6) is 5.75 Å². The number of carboxylic acids is 1. The topological polar surface area (TPSA) is 46.5 Å². The van der Waals surface area contributed by atoms with E-state index in [1.165, 1.54) is 23.9 Å². The Morgan fingerprint density at radius 3 is 3.18 bits per heavy atom. The van der Waals surface area contributed by atoms with Crippen LogP contribution in [0.15, 0.2) is 18.2 Å². The van der Waals surface area contributed by atoms with Gasteiger partial charge in [0.2, 0.25) is 0 Å². The van der Waals surface area contributed by atoms with Gasteiger partial charge in [0.05, 0.1) is 5.25 Å². The Hall–Kier alpha value is -1.23. The van der Waals surface area contributed by atoms with Gasteiger partial charge in [-0.25, -0.2) is 4.39 Å². The molecule has 2 atom stereocenters. The lowest BCUT2D eigenvalue weighted by molar-refractivity contribution is -0.136. The number of carboxylic acid groups (broad SMARTS) is 1. The quantitative estimate of drug-likeness (QED) is 0.898. The molecule has 2 unspecified atom stereocenters. The van der Waals surface area contributed by atoms with Crippen LogP contribution in [-0.4, -0.2) is 28.2 Å². The molecule has 0 amide bonds. The van der Waals surface area contributed by atoms with Gasteiger partial charge in [-0.1, -0.05) is 0 Å². The largest absolute Gasteiger partial charge is 0.489 e. The van der Waals surface area contributed by atoms with E-state index in [-0.39, 0.29) is 11.9 Å². The van der Waals surface area contributed by atoms with Gasteiger partial charge in [0, 0.05) is 17.7 Å². The zero-order valence-electron chi connectivity index (χ0n) is 9.35. The SMILES string of the molecule is CC(SCC1Cc2cc(F)ccc2O1)C(=O)O. The predicted molar refractivity (Wildman–Crippen MR) is 64.1 cm³/mol. The molecule has 1 aliphatic heterocycles. The van der Waals surface area contributed by atoms with E-state index in [0.29, 0.717) is 17.9 Å². The average Bonchev–Trinajstić information content (AvgIpc) is 2.67. The average molecular weight is 256 g/mol. The van der Waals surface area contributed by atoms with Crippen LogP contribution in [0.1, 0.15) is 12.5 Å². The van der Waals surface area contributed by atoms with E-state index in [2.05, 4.69) is 0 Å². The Kier molecular flexibility index (Phi) is 3.57. The molecule has 3 nitrogen and oxygen atoms in total. The molecule has 0 saturated carbocycles. The van der Waals surface area contributed by atoms with Crippen molar-refractivity contribution in [3.63, 3.8) is 0 Å². The highest BCUT2D eigenvalue weighted by atomic mass is 32.2. The van der Waals surface area contributed by atoms with Crippen molar-refractivity contribution in [2.75, 3.05) is 5.75 Å². The van der Waals surface area contributed by atoms with E-state index in [1.807, 2.05) is 0 Å². The van der Waals surface area contributed by atoms with E-state index in [4.69, 9.17) is 9.84 Å². The summed E-state index contributed by atoms with van der Waals surface area (Å²) in [5, 5.41) is 8.31. The van der Waals surface area contributed by atoms with Crippen LogP contribution in [0.4, 0.5) is 4.39 Å². The highest BCUT2D eigenvalue weighted by Crippen LogP contribution is 2.31. The normalized spacial score (nSPS) is 19.5. The summed E-state index contributed by atoms with van der Waals surface area (Å²) in [4.78, 5) is 10.7. The Labute approximate surface area is 103 Å². The zero-order chi connectivity index (χ0) is 12.4. The lowest BCUT2D eigenvalue weighted by atomic mass is 10.1. The Morgan fingerprint density at radius 1 is 1.71 bits per heavy atom. The summed E-state index contributed by atoms with van der Waals surface area (Å²) < 4.78 is 18.6. The van der Waals surface area contributed by atoms with Gasteiger partial charge in [-0.2, -0.15) is 0 Å². The van der Waals surface area contributed by atoms with Crippen LogP contribution in [-0.2, 0) is 11.2 Å². The van der Waals surface area contributed by atoms with Crippen molar-refractivity contribution in [3.05, 3.63) is 29.6 Å². The van der Waals surface area contributed by atoms with E-state index >= 15 is 0 Å². The van der Waals surface area contributed by atoms with E-state index in [9.17, 15) is 9.18 Å². The molecule has 1 N–H and O–H groups in total. The number of ether oxygens (including phenoxy) is 1. The monoisotopic (exact) mass is 256 g/mol. The van der Waals surface area contributed by atoms with E-state index in [1.54, 1.807) is 13.0 Å². The predicted octanol–water partition coefficient (Wildman–Crippen LogP) is 2.34. The minimum atomic E-state index is -0.823. The number of hydrogen-bond acceptors (Lipinski definition) is 3. The lowest BCUT2D eigenvalue weighted by Crippen LogP contribution is -2.20. The third kappa shape index (κ3) is 2.91. The molecule has 0 aromatic heterocycles. The molecule has 92 valence electrons. The molecule has 1 aliphatic rings. The Morgan fingerprint density at radius 2 is 2.47 bits per heavy atom. The summed E-state index contributed by atoms with van der Waals surface area (Å²) in [6.07, 6.45) is 0.588. The third-order valence-corrected chi connectivity index (χ3v) is 3.91. The van der Waals surface area contributed by atoms with Crippen LogP contribution in [0.25, 0.3) is 0 Å². The number of carbonyl (C=O) groups is 1. The number of rotatable bonds is 4. The molecule has 5 heteroatoms. The summed E-state index contributed by atoms with van der Waals surface area (Å²) >= 11 is 1.34. The summed E-state index contributed by atoms with van der Waals surface area (Å²) in [5.74, 6) is 0.222. The van der Waals surface area contributed by atoms with Gasteiger partial charge in [0.25, 0.3) is 0 Å². The van der Waals surface area contributed by atoms with Gasteiger partial charge in [-0.3, -0.25) is 4.79 Å². The lowest BCUT2D eigenvalue weighted by Gasteiger charge is -2.11. The molecule has 0 aliphatic carbocycles. The molecule has 1 aromatic carbocycles. The number of hydrogen-bond donors (Lipinski definition) is 1. The molecule has 0 bridgehead atoms. The van der Waals surface area contributed by atoms with E-state index in [0.717, 1.165) is 5.56 Å². The van der Waals surface area contributed by atoms with Crippen molar-refractivity contribution in [1.82, 2.24) is 0 Å². The molecule has 17 heavy (non-hydrogen) atoms. The molecule has 0 spiro atoms. The maximum atomic E-state index is 13.0. The van der Waals surface area contributed by atoms with Crippen molar-refractivity contribution < 1.29 is 19.0 Å². The molecular weight excluding hydrogens is 243 g/mol. The van der Waals surface area contributed by atoms with Crippen LogP contribution < -0.4 is 4.74 Å². The fourth-order valence-electron chi connectivity index (χ4n) is 1.70. The maximum absolute atomic E-state index is 13.0. The molecule has 0 saturated heterocycles.